The van der Waals surface area contributed by atoms with Crippen LogP contribution in [0.2, 0.25) is 0 Å². The number of benzene rings is 1. The van der Waals surface area contributed by atoms with Crippen molar-refractivity contribution in [2.24, 2.45) is 5.92 Å². The second kappa shape index (κ2) is 8.28. The minimum atomic E-state index is -0.257. The molecular weight excluding hydrogens is 262 g/mol. The van der Waals surface area contributed by atoms with Crippen LogP contribution in [0.1, 0.15) is 52.4 Å². The van der Waals surface area contributed by atoms with E-state index < -0.39 is 0 Å². The lowest BCUT2D eigenvalue weighted by atomic mass is 10.00. The number of anilines is 1. The zero-order chi connectivity index (χ0) is 15.1. The fraction of sp³-hybridized carbons (Fsp3) is 0.667. The Balaban J connectivity index is 1.77. The molecule has 118 valence electrons. The van der Waals surface area contributed by atoms with E-state index in [1.54, 1.807) is 0 Å². The van der Waals surface area contributed by atoms with E-state index in [1.807, 2.05) is 24.3 Å². The van der Waals surface area contributed by atoms with Crippen molar-refractivity contribution in [3.05, 3.63) is 24.3 Å². The van der Waals surface area contributed by atoms with Gasteiger partial charge in [0.15, 0.2) is 0 Å². The Kier molecular flexibility index (Phi) is 6.37. The van der Waals surface area contributed by atoms with Crippen LogP contribution in [0.5, 0.6) is 5.75 Å². The monoisotopic (exact) mass is 291 g/mol. The first kappa shape index (κ1) is 16.2. The Bertz CT molecular complexity index is 415. The van der Waals surface area contributed by atoms with Crippen molar-refractivity contribution in [3.8, 4) is 5.75 Å². The smallest absolute Gasteiger partial charge is 0.121 e. The van der Waals surface area contributed by atoms with Crippen molar-refractivity contribution in [1.82, 2.24) is 0 Å². The third-order valence-corrected chi connectivity index (χ3v) is 4.37. The first-order valence-corrected chi connectivity index (χ1v) is 8.36. The number of aliphatic hydroxyl groups excluding tert-OH is 1. The molecule has 1 aliphatic rings. The number of nitrogens with one attached hydrogen (secondary N) is 1. The summed E-state index contributed by atoms with van der Waals surface area (Å²) in [6.07, 6.45) is 7.14. The topological polar surface area (TPSA) is 41.5 Å². The molecule has 1 fully saturated rings. The summed E-state index contributed by atoms with van der Waals surface area (Å²) in [6, 6.07) is 8.00. The maximum absolute atomic E-state index is 10.1. The Morgan fingerprint density at radius 1 is 1.33 bits per heavy atom. The van der Waals surface area contributed by atoms with Crippen LogP contribution in [0.15, 0.2) is 24.3 Å². The molecule has 0 spiro atoms. The van der Waals surface area contributed by atoms with Crippen LogP contribution in [0.4, 0.5) is 5.69 Å². The van der Waals surface area contributed by atoms with Gasteiger partial charge in [-0.05, 0) is 37.8 Å². The van der Waals surface area contributed by atoms with E-state index in [0.717, 1.165) is 30.2 Å². The highest BCUT2D eigenvalue weighted by Crippen LogP contribution is 2.28. The van der Waals surface area contributed by atoms with Gasteiger partial charge in [-0.2, -0.15) is 0 Å². The van der Waals surface area contributed by atoms with E-state index in [0.29, 0.717) is 6.54 Å². The third-order valence-electron chi connectivity index (χ3n) is 4.37. The predicted octanol–water partition coefficient (Wildman–Crippen LogP) is 4.22. The molecule has 0 saturated heterocycles. The molecule has 1 aliphatic carbocycles. The largest absolute Gasteiger partial charge is 0.491 e. The van der Waals surface area contributed by atoms with Gasteiger partial charge < -0.3 is 15.2 Å². The molecule has 0 aliphatic heterocycles. The van der Waals surface area contributed by atoms with Crippen molar-refractivity contribution in [1.29, 1.82) is 0 Å². The maximum Gasteiger partial charge on any atom is 0.121 e. The molecule has 1 saturated carbocycles. The van der Waals surface area contributed by atoms with Crippen LogP contribution in [-0.2, 0) is 0 Å². The van der Waals surface area contributed by atoms with Crippen molar-refractivity contribution in [2.75, 3.05) is 11.9 Å². The number of hydrogen-bond donors (Lipinski definition) is 2. The molecule has 0 radical (unpaired) electrons. The second-order valence-corrected chi connectivity index (χ2v) is 6.29. The maximum atomic E-state index is 10.1. The molecule has 0 amide bonds. The van der Waals surface area contributed by atoms with Crippen molar-refractivity contribution in [2.45, 2.75) is 64.6 Å². The zero-order valence-electron chi connectivity index (χ0n) is 13.3. The standard InChI is InChI=1S/C18H29NO2/c1-3-14(2)21-18-10-6-9-16(12-18)19-13-17(20)11-15-7-4-5-8-15/h6,9-10,12,14-15,17,19-20H,3-5,7-8,11,13H2,1-2H3. The predicted molar refractivity (Wildman–Crippen MR) is 87.9 cm³/mol. The molecule has 0 bridgehead atoms. The van der Waals surface area contributed by atoms with Crippen molar-refractivity contribution < 1.29 is 9.84 Å². The van der Waals surface area contributed by atoms with Gasteiger partial charge in [-0.15, -0.1) is 0 Å². The van der Waals surface area contributed by atoms with Gasteiger partial charge in [0.05, 0.1) is 12.2 Å². The lowest BCUT2D eigenvalue weighted by Gasteiger charge is -2.17. The summed E-state index contributed by atoms with van der Waals surface area (Å²) < 4.78 is 5.82. The molecule has 1 aromatic rings. The minimum Gasteiger partial charge on any atom is -0.491 e. The fourth-order valence-electron chi connectivity index (χ4n) is 2.94. The SMILES string of the molecule is CCC(C)Oc1cccc(NCC(O)CC2CCCC2)c1. The number of rotatable bonds is 8. The summed E-state index contributed by atoms with van der Waals surface area (Å²) in [7, 11) is 0. The molecule has 2 N–H and O–H groups in total. The summed E-state index contributed by atoms with van der Waals surface area (Å²) in [5.74, 6) is 1.61. The Labute approximate surface area is 128 Å². The van der Waals surface area contributed by atoms with Gasteiger partial charge in [0.1, 0.15) is 5.75 Å². The van der Waals surface area contributed by atoms with Crippen molar-refractivity contribution >= 4 is 5.69 Å². The molecule has 3 heteroatoms. The van der Waals surface area contributed by atoms with Gasteiger partial charge in [-0.3, -0.25) is 0 Å². The summed E-state index contributed by atoms with van der Waals surface area (Å²) in [4.78, 5) is 0. The second-order valence-electron chi connectivity index (χ2n) is 6.29. The molecule has 0 aromatic heterocycles. The average molecular weight is 291 g/mol. The number of ether oxygens (including phenoxy) is 1. The van der Waals surface area contributed by atoms with Crippen LogP contribution in [-0.4, -0.2) is 23.9 Å². The van der Waals surface area contributed by atoms with E-state index in [4.69, 9.17) is 4.74 Å². The van der Waals surface area contributed by atoms with Crippen LogP contribution in [0.3, 0.4) is 0 Å². The molecule has 21 heavy (non-hydrogen) atoms. The number of hydrogen-bond acceptors (Lipinski definition) is 3. The van der Waals surface area contributed by atoms with Crippen LogP contribution >= 0.6 is 0 Å². The molecule has 2 atom stereocenters. The van der Waals surface area contributed by atoms with Gasteiger partial charge in [0.25, 0.3) is 0 Å². The number of aliphatic hydroxyl groups is 1. The lowest BCUT2D eigenvalue weighted by molar-refractivity contribution is 0.155. The van der Waals surface area contributed by atoms with Crippen LogP contribution < -0.4 is 10.1 Å². The highest BCUT2D eigenvalue weighted by molar-refractivity contribution is 5.48. The normalized spacial score (nSPS) is 18.4. The highest BCUT2D eigenvalue weighted by atomic mass is 16.5. The summed E-state index contributed by atoms with van der Waals surface area (Å²) in [5.41, 5.74) is 1.02. The third kappa shape index (κ3) is 5.58. The van der Waals surface area contributed by atoms with E-state index in [2.05, 4.69) is 19.2 Å². The van der Waals surface area contributed by atoms with Crippen LogP contribution in [0.25, 0.3) is 0 Å². The fourth-order valence-corrected chi connectivity index (χ4v) is 2.94. The quantitative estimate of drug-likeness (QED) is 0.753. The molecule has 1 aromatic carbocycles. The first-order valence-electron chi connectivity index (χ1n) is 8.36. The Morgan fingerprint density at radius 3 is 2.81 bits per heavy atom. The van der Waals surface area contributed by atoms with Gasteiger partial charge in [-0.1, -0.05) is 38.7 Å². The molecule has 3 nitrogen and oxygen atoms in total. The molecule has 0 heterocycles. The van der Waals surface area contributed by atoms with E-state index in [-0.39, 0.29) is 12.2 Å². The average Bonchev–Trinajstić information content (AvgIpc) is 2.98. The van der Waals surface area contributed by atoms with Crippen molar-refractivity contribution in [3.63, 3.8) is 0 Å². The lowest BCUT2D eigenvalue weighted by Crippen LogP contribution is -2.22. The highest BCUT2D eigenvalue weighted by Gasteiger charge is 2.18. The summed E-state index contributed by atoms with van der Waals surface area (Å²) >= 11 is 0. The van der Waals surface area contributed by atoms with Crippen LogP contribution in [0, 0.1) is 5.92 Å². The first-order chi connectivity index (χ1) is 10.2. The van der Waals surface area contributed by atoms with E-state index in [1.165, 1.54) is 25.7 Å². The van der Waals surface area contributed by atoms with Gasteiger partial charge >= 0.3 is 0 Å². The zero-order valence-corrected chi connectivity index (χ0v) is 13.3. The molecular formula is C18H29NO2. The van der Waals surface area contributed by atoms with Gasteiger partial charge in [-0.25, -0.2) is 0 Å². The van der Waals surface area contributed by atoms with E-state index >= 15 is 0 Å². The Morgan fingerprint density at radius 2 is 2.10 bits per heavy atom. The molecule has 2 rings (SSSR count). The molecule has 2 unspecified atom stereocenters. The Hall–Kier alpha value is -1.22. The van der Waals surface area contributed by atoms with Gasteiger partial charge in [0, 0.05) is 18.3 Å². The van der Waals surface area contributed by atoms with Gasteiger partial charge in [0.2, 0.25) is 0 Å². The summed E-state index contributed by atoms with van der Waals surface area (Å²) in [6.45, 7) is 4.81. The summed E-state index contributed by atoms with van der Waals surface area (Å²) in [5, 5.41) is 13.4. The minimum absolute atomic E-state index is 0.230. The van der Waals surface area contributed by atoms with E-state index in [9.17, 15) is 5.11 Å².